The maximum absolute atomic E-state index is 11.7. The molecule has 0 spiro atoms. The van der Waals surface area contributed by atoms with Crippen LogP contribution >= 0.6 is 0 Å². The van der Waals surface area contributed by atoms with Crippen LogP contribution in [0.5, 0.6) is 0 Å². The zero-order valence-electron chi connectivity index (χ0n) is 9.34. The average Bonchev–Trinajstić information content (AvgIpc) is 2.74. The van der Waals surface area contributed by atoms with E-state index in [2.05, 4.69) is 26.2 Å². The Morgan fingerprint density at radius 1 is 1.62 bits per heavy atom. The van der Waals surface area contributed by atoms with Gasteiger partial charge in [0.25, 0.3) is 0 Å². The number of nitrogens with zero attached hydrogens (tertiary/aromatic N) is 5. The van der Waals surface area contributed by atoms with E-state index in [9.17, 15) is 4.79 Å². The Labute approximate surface area is 93.0 Å². The zero-order valence-corrected chi connectivity index (χ0v) is 9.34. The maximum Gasteiger partial charge on any atom is 0.246 e. The second-order valence-corrected chi connectivity index (χ2v) is 3.63. The number of amides is 1. The number of aromatic nitrogens is 4. The molecule has 1 saturated heterocycles. The number of anilines is 1. The van der Waals surface area contributed by atoms with Crippen molar-refractivity contribution in [2.75, 3.05) is 31.6 Å². The first-order chi connectivity index (χ1) is 7.74. The summed E-state index contributed by atoms with van der Waals surface area (Å²) in [4.78, 5) is 13.6. The summed E-state index contributed by atoms with van der Waals surface area (Å²) in [6.07, 6.45) is 0. The van der Waals surface area contributed by atoms with Gasteiger partial charge in [-0.05, 0) is 10.4 Å². The van der Waals surface area contributed by atoms with E-state index in [-0.39, 0.29) is 11.9 Å². The Balaban J connectivity index is 2.23. The minimum Gasteiger partial charge on any atom is -0.357 e. The lowest BCUT2D eigenvalue weighted by Gasteiger charge is -2.34. The first-order valence-corrected chi connectivity index (χ1v) is 5.15. The summed E-state index contributed by atoms with van der Waals surface area (Å²) in [7, 11) is 3.39. The number of hydrogen-bond acceptors (Lipinski definition) is 6. The highest BCUT2D eigenvalue weighted by Gasteiger charge is 2.30. The number of likely N-dealkylation sites (N-methyl/N-ethyl adjacent to an activating group) is 1. The molecule has 8 heteroatoms. The van der Waals surface area contributed by atoms with Crippen molar-refractivity contribution < 1.29 is 4.79 Å². The number of rotatable bonds is 2. The lowest BCUT2D eigenvalue weighted by Crippen LogP contribution is -2.58. The molecule has 16 heavy (non-hydrogen) atoms. The first-order valence-electron chi connectivity index (χ1n) is 5.15. The first kappa shape index (κ1) is 10.8. The van der Waals surface area contributed by atoms with Crippen molar-refractivity contribution in [1.29, 1.82) is 0 Å². The van der Waals surface area contributed by atoms with Gasteiger partial charge in [0.1, 0.15) is 6.04 Å². The van der Waals surface area contributed by atoms with Crippen LogP contribution < -0.4 is 15.5 Å². The van der Waals surface area contributed by atoms with Gasteiger partial charge in [-0.2, -0.15) is 0 Å². The van der Waals surface area contributed by atoms with Crippen LogP contribution in [0.3, 0.4) is 0 Å². The highest BCUT2D eigenvalue weighted by Crippen LogP contribution is 2.13. The molecule has 88 valence electrons. The normalized spacial score (nSPS) is 20.9. The number of piperazine rings is 1. The third kappa shape index (κ3) is 1.83. The molecular weight excluding hydrogens is 210 g/mol. The molecule has 0 aliphatic carbocycles. The molecule has 1 fully saturated rings. The van der Waals surface area contributed by atoms with Crippen molar-refractivity contribution in [3.8, 4) is 0 Å². The SMILES string of the molecule is CNC(=O)C1CNCCN1c1nnnn1C. The third-order valence-corrected chi connectivity index (χ3v) is 2.65. The van der Waals surface area contributed by atoms with E-state index in [0.29, 0.717) is 19.0 Å². The second kappa shape index (κ2) is 4.44. The zero-order chi connectivity index (χ0) is 11.5. The second-order valence-electron chi connectivity index (χ2n) is 3.63. The molecule has 1 aromatic heterocycles. The lowest BCUT2D eigenvalue weighted by atomic mass is 10.2. The van der Waals surface area contributed by atoms with Crippen molar-refractivity contribution in [2.24, 2.45) is 7.05 Å². The quantitative estimate of drug-likeness (QED) is 0.590. The van der Waals surface area contributed by atoms with Gasteiger partial charge in [-0.15, -0.1) is 0 Å². The van der Waals surface area contributed by atoms with Crippen LogP contribution in [0.15, 0.2) is 0 Å². The Bertz CT molecular complexity index is 376. The van der Waals surface area contributed by atoms with Gasteiger partial charge in [0, 0.05) is 33.7 Å². The third-order valence-electron chi connectivity index (χ3n) is 2.65. The number of hydrogen-bond donors (Lipinski definition) is 2. The Morgan fingerprint density at radius 3 is 3.06 bits per heavy atom. The highest BCUT2D eigenvalue weighted by atomic mass is 16.2. The molecule has 1 aromatic rings. The highest BCUT2D eigenvalue weighted by molar-refractivity contribution is 5.85. The molecule has 1 aliphatic heterocycles. The van der Waals surface area contributed by atoms with Gasteiger partial charge in [0.15, 0.2) is 0 Å². The standard InChI is InChI=1S/C8H15N7O/c1-9-7(16)6-5-10-3-4-15(6)8-11-12-13-14(8)2/h6,10H,3-5H2,1-2H3,(H,9,16). The van der Waals surface area contributed by atoms with E-state index in [4.69, 9.17) is 0 Å². The van der Waals surface area contributed by atoms with Gasteiger partial charge in [-0.3, -0.25) is 4.79 Å². The van der Waals surface area contributed by atoms with Crippen LogP contribution in [-0.4, -0.2) is 58.8 Å². The minimum absolute atomic E-state index is 0.0322. The van der Waals surface area contributed by atoms with Crippen molar-refractivity contribution in [2.45, 2.75) is 6.04 Å². The van der Waals surface area contributed by atoms with E-state index in [1.54, 1.807) is 18.8 Å². The number of carbonyl (C=O) groups excluding carboxylic acids is 1. The number of aryl methyl sites for hydroxylation is 1. The van der Waals surface area contributed by atoms with Crippen molar-refractivity contribution in [3.63, 3.8) is 0 Å². The lowest BCUT2D eigenvalue weighted by molar-refractivity contribution is -0.122. The largest absolute Gasteiger partial charge is 0.357 e. The number of nitrogens with one attached hydrogen (secondary N) is 2. The van der Waals surface area contributed by atoms with Crippen LogP contribution in [0.25, 0.3) is 0 Å². The number of carbonyl (C=O) groups is 1. The van der Waals surface area contributed by atoms with Crippen LogP contribution in [0.4, 0.5) is 5.95 Å². The van der Waals surface area contributed by atoms with Crippen molar-refractivity contribution in [1.82, 2.24) is 30.8 Å². The van der Waals surface area contributed by atoms with E-state index < -0.39 is 0 Å². The fourth-order valence-corrected chi connectivity index (χ4v) is 1.81. The summed E-state index contributed by atoms with van der Waals surface area (Å²) in [6.45, 7) is 2.14. The van der Waals surface area contributed by atoms with Gasteiger partial charge in [-0.25, -0.2) is 4.68 Å². The van der Waals surface area contributed by atoms with E-state index in [1.165, 1.54) is 0 Å². The summed E-state index contributed by atoms with van der Waals surface area (Å²) in [5, 5.41) is 17.1. The van der Waals surface area contributed by atoms with Crippen LogP contribution in [-0.2, 0) is 11.8 Å². The van der Waals surface area contributed by atoms with Crippen LogP contribution in [0.1, 0.15) is 0 Å². The summed E-state index contributed by atoms with van der Waals surface area (Å²) in [6, 6.07) is -0.261. The molecule has 2 heterocycles. The molecule has 1 unspecified atom stereocenters. The van der Waals surface area contributed by atoms with E-state index >= 15 is 0 Å². The molecule has 2 N–H and O–H groups in total. The molecule has 1 atom stereocenters. The van der Waals surface area contributed by atoms with Crippen molar-refractivity contribution in [3.05, 3.63) is 0 Å². The van der Waals surface area contributed by atoms with Gasteiger partial charge in [0.2, 0.25) is 11.9 Å². The van der Waals surface area contributed by atoms with Crippen LogP contribution in [0, 0.1) is 0 Å². The minimum atomic E-state index is -0.261. The molecule has 1 amide bonds. The summed E-state index contributed by atoms with van der Waals surface area (Å²) < 4.78 is 1.57. The van der Waals surface area contributed by atoms with Gasteiger partial charge in [-0.1, -0.05) is 5.10 Å². The molecule has 0 bridgehead atoms. The van der Waals surface area contributed by atoms with Gasteiger partial charge < -0.3 is 15.5 Å². The predicted molar refractivity (Wildman–Crippen MR) is 56.9 cm³/mol. The summed E-state index contributed by atoms with van der Waals surface area (Å²) >= 11 is 0. The summed E-state index contributed by atoms with van der Waals surface area (Å²) in [5.41, 5.74) is 0. The topological polar surface area (TPSA) is 88.0 Å². The Kier molecular flexibility index (Phi) is 3.00. The monoisotopic (exact) mass is 225 g/mol. The number of tetrazole rings is 1. The molecular formula is C8H15N7O. The van der Waals surface area contributed by atoms with E-state index in [0.717, 1.165) is 6.54 Å². The molecule has 0 aromatic carbocycles. The van der Waals surface area contributed by atoms with Crippen LogP contribution in [0.2, 0.25) is 0 Å². The average molecular weight is 225 g/mol. The van der Waals surface area contributed by atoms with Crippen molar-refractivity contribution >= 4 is 11.9 Å². The Morgan fingerprint density at radius 2 is 2.44 bits per heavy atom. The van der Waals surface area contributed by atoms with Gasteiger partial charge >= 0.3 is 0 Å². The molecule has 2 rings (SSSR count). The molecule has 1 aliphatic rings. The molecule has 0 radical (unpaired) electrons. The summed E-state index contributed by atoms with van der Waals surface area (Å²) in [5.74, 6) is 0.588. The Hall–Kier alpha value is -1.70. The fraction of sp³-hybridized carbons (Fsp3) is 0.750. The molecule has 0 saturated carbocycles. The maximum atomic E-state index is 11.7. The molecule has 8 nitrogen and oxygen atoms in total. The van der Waals surface area contributed by atoms with Gasteiger partial charge in [0.05, 0.1) is 0 Å². The smallest absolute Gasteiger partial charge is 0.246 e. The fourth-order valence-electron chi connectivity index (χ4n) is 1.81. The van der Waals surface area contributed by atoms with E-state index in [1.807, 2.05) is 4.90 Å². The predicted octanol–water partition coefficient (Wildman–Crippen LogP) is -2.27.